The van der Waals surface area contributed by atoms with Crippen molar-refractivity contribution in [2.75, 3.05) is 5.88 Å². The minimum Gasteiger partial charge on any atom is -0.313 e. The van der Waals surface area contributed by atoms with Gasteiger partial charge in [-0.3, -0.25) is 4.68 Å². The fraction of sp³-hybridized carbons (Fsp3) is 0.375. The topological polar surface area (TPSA) is 35.6 Å². The van der Waals surface area contributed by atoms with Gasteiger partial charge in [0, 0.05) is 25.9 Å². The van der Waals surface area contributed by atoms with E-state index in [9.17, 15) is 0 Å². The highest BCUT2D eigenvalue weighted by Gasteiger charge is 2.16. The Hall–Kier alpha value is -1.81. The normalized spacial score (nSPS) is 11.4. The average molecular weight is 303 g/mol. The van der Waals surface area contributed by atoms with Crippen molar-refractivity contribution in [3.63, 3.8) is 0 Å². The highest BCUT2D eigenvalue weighted by atomic mass is 35.5. The lowest BCUT2D eigenvalue weighted by molar-refractivity contribution is 0.641. The SMILES string of the molecule is Cc1nn(C)c2c1nc(CCCl)n2CCc1ccccc1. The molecule has 3 rings (SSSR count). The summed E-state index contributed by atoms with van der Waals surface area (Å²) in [4.78, 5) is 4.73. The second-order valence-corrected chi connectivity index (χ2v) is 5.61. The molecule has 0 amide bonds. The number of hydrogen-bond acceptors (Lipinski definition) is 2. The Kier molecular flexibility index (Phi) is 3.97. The molecular weight excluding hydrogens is 284 g/mol. The molecule has 0 aliphatic heterocycles. The first-order valence-electron chi connectivity index (χ1n) is 7.19. The van der Waals surface area contributed by atoms with Crippen LogP contribution in [0.25, 0.3) is 11.2 Å². The van der Waals surface area contributed by atoms with Crippen molar-refractivity contribution in [1.29, 1.82) is 0 Å². The third kappa shape index (κ3) is 2.68. The van der Waals surface area contributed by atoms with Crippen LogP contribution < -0.4 is 0 Å². The minimum atomic E-state index is 0.584. The summed E-state index contributed by atoms with van der Waals surface area (Å²) < 4.78 is 4.17. The van der Waals surface area contributed by atoms with Gasteiger partial charge in [-0.05, 0) is 18.9 Å². The molecule has 0 saturated heterocycles. The van der Waals surface area contributed by atoms with E-state index in [1.165, 1.54) is 5.56 Å². The lowest BCUT2D eigenvalue weighted by Crippen LogP contribution is -2.10. The summed E-state index contributed by atoms with van der Waals surface area (Å²) in [5, 5.41) is 4.47. The molecule has 4 nitrogen and oxygen atoms in total. The maximum atomic E-state index is 5.92. The number of benzene rings is 1. The second-order valence-electron chi connectivity index (χ2n) is 5.24. The van der Waals surface area contributed by atoms with Gasteiger partial charge in [-0.15, -0.1) is 11.6 Å². The zero-order valence-corrected chi connectivity index (χ0v) is 13.1. The van der Waals surface area contributed by atoms with Crippen LogP contribution in [-0.2, 0) is 26.4 Å². The average Bonchev–Trinajstić information content (AvgIpc) is 2.97. The van der Waals surface area contributed by atoms with Gasteiger partial charge in [0.2, 0.25) is 0 Å². The van der Waals surface area contributed by atoms with Crippen molar-refractivity contribution in [1.82, 2.24) is 19.3 Å². The van der Waals surface area contributed by atoms with Gasteiger partial charge in [0.25, 0.3) is 0 Å². The third-order valence-electron chi connectivity index (χ3n) is 3.75. The summed E-state index contributed by atoms with van der Waals surface area (Å²) in [6.07, 6.45) is 1.76. The molecule has 0 aliphatic rings. The summed E-state index contributed by atoms with van der Waals surface area (Å²) in [5.74, 6) is 1.63. The van der Waals surface area contributed by atoms with Gasteiger partial charge in [0.05, 0.1) is 5.69 Å². The summed E-state index contributed by atoms with van der Waals surface area (Å²) in [7, 11) is 1.97. The molecule has 110 valence electrons. The van der Waals surface area contributed by atoms with Gasteiger partial charge >= 0.3 is 0 Å². The lowest BCUT2D eigenvalue weighted by atomic mass is 10.1. The molecule has 0 N–H and O–H groups in total. The maximum Gasteiger partial charge on any atom is 0.158 e. The van der Waals surface area contributed by atoms with E-state index >= 15 is 0 Å². The Morgan fingerprint density at radius 2 is 1.90 bits per heavy atom. The number of halogens is 1. The number of hydrogen-bond donors (Lipinski definition) is 0. The maximum absolute atomic E-state index is 5.92. The van der Waals surface area contributed by atoms with Gasteiger partial charge in [-0.2, -0.15) is 5.10 Å². The first kappa shape index (κ1) is 14.1. The highest BCUT2D eigenvalue weighted by Crippen LogP contribution is 2.20. The van der Waals surface area contributed by atoms with E-state index in [0.717, 1.165) is 42.1 Å². The van der Waals surface area contributed by atoms with E-state index in [1.807, 2.05) is 24.7 Å². The van der Waals surface area contributed by atoms with Crippen LogP contribution in [0.1, 0.15) is 17.1 Å². The molecule has 0 bridgehead atoms. The molecule has 3 aromatic rings. The molecule has 5 heteroatoms. The molecule has 0 fully saturated rings. The van der Waals surface area contributed by atoms with Gasteiger partial charge < -0.3 is 4.57 Å². The van der Waals surface area contributed by atoms with Crippen molar-refractivity contribution in [3.05, 3.63) is 47.4 Å². The summed E-state index contributed by atoms with van der Waals surface area (Å²) in [6, 6.07) is 10.5. The molecule has 0 radical (unpaired) electrons. The molecular formula is C16H19ClN4. The number of rotatable bonds is 5. The van der Waals surface area contributed by atoms with E-state index < -0.39 is 0 Å². The Balaban J connectivity index is 1.97. The van der Waals surface area contributed by atoms with Crippen LogP contribution in [0.5, 0.6) is 0 Å². The van der Waals surface area contributed by atoms with Crippen LogP contribution in [0.3, 0.4) is 0 Å². The number of aromatic nitrogens is 4. The van der Waals surface area contributed by atoms with Crippen molar-refractivity contribution < 1.29 is 0 Å². The van der Waals surface area contributed by atoms with E-state index in [1.54, 1.807) is 0 Å². The van der Waals surface area contributed by atoms with Crippen LogP contribution in [0, 0.1) is 6.92 Å². The Labute approximate surface area is 129 Å². The molecule has 0 atom stereocenters. The first-order chi connectivity index (χ1) is 10.2. The van der Waals surface area contributed by atoms with E-state index in [4.69, 9.17) is 16.6 Å². The molecule has 21 heavy (non-hydrogen) atoms. The van der Waals surface area contributed by atoms with Gasteiger partial charge in [-0.25, -0.2) is 4.98 Å². The summed E-state index contributed by atoms with van der Waals surface area (Å²) in [5.41, 5.74) is 4.38. The van der Waals surface area contributed by atoms with Crippen LogP contribution >= 0.6 is 11.6 Å². The molecule has 0 spiro atoms. The molecule has 0 saturated carbocycles. The zero-order valence-electron chi connectivity index (χ0n) is 12.4. The third-order valence-corrected chi connectivity index (χ3v) is 3.94. The van der Waals surface area contributed by atoms with Crippen molar-refractivity contribution in [2.24, 2.45) is 7.05 Å². The fourth-order valence-corrected chi connectivity index (χ4v) is 2.94. The van der Waals surface area contributed by atoms with E-state index in [-0.39, 0.29) is 0 Å². The van der Waals surface area contributed by atoms with Crippen LogP contribution in [0.2, 0.25) is 0 Å². The fourth-order valence-electron chi connectivity index (χ4n) is 2.78. The molecule has 1 aromatic carbocycles. The monoisotopic (exact) mass is 302 g/mol. The number of nitrogens with zero attached hydrogens (tertiary/aromatic N) is 4. The zero-order chi connectivity index (χ0) is 14.8. The highest BCUT2D eigenvalue weighted by molar-refractivity contribution is 6.17. The predicted molar refractivity (Wildman–Crippen MR) is 85.8 cm³/mol. The van der Waals surface area contributed by atoms with E-state index in [2.05, 4.69) is 33.9 Å². The van der Waals surface area contributed by atoms with Crippen molar-refractivity contribution in [3.8, 4) is 0 Å². The Morgan fingerprint density at radius 1 is 1.14 bits per heavy atom. The molecule has 0 aliphatic carbocycles. The van der Waals surface area contributed by atoms with Crippen LogP contribution in [0.4, 0.5) is 0 Å². The minimum absolute atomic E-state index is 0.584. The number of aryl methyl sites for hydroxylation is 5. The quantitative estimate of drug-likeness (QED) is 0.679. The number of imidazole rings is 1. The molecule has 2 heterocycles. The van der Waals surface area contributed by atoms with Crippen LogP contribution in [0.15, 0.2) is 30.3 Å². The Bertz CT molecular complexity index is 743. The van der Waals surface area contributed by atoms with Crippen LogP contribution in [-0.4, -0.2) is 25.2 Å². The summed E-state index contributed by atoms with van der Waals surface area (Å²) >= 11 is 5.92. The largest absolute Gasteiger partial charge is 0.313 e. The van der Waals surface area contributed by atoms with Gasteiger partial charge in [0.15, 0.2) is 5.65 Å². The van der Waals surface area contributed by atoms with Gasteiger partial charge in [0.1, 0.15) is 11.3 Å². The number of fused-ring (bicyclic) bond motifs is 1. The second kappa shape index (κ2) is 5.90. The lowest BCUT2D eigenvalue weighted by Gasteiger charge is -2.09. The first-order valence-corrected chi connectivity index (χ1v) is 7.72. The number of alkyl halides is 1. The predicted octanol–water partition coefficient (Wildman–Crippen LogP) is 3.10. The van der Waals surface area contributed by atoms with E-state index in [0.29, 0.717) is 5.88 Å². The Morgan fingerprint density at radius 3 is 2.62 bits per heavy atom. The van der Waals surface area contributed by atoms with Gasteiger partial charge in [-0.1, -0.05) is 30.3 Å². The molecule has 2 aromatic heterocycles. The standard InChI is InChI=1S/C16H19ClN4/c1-12-15-16(20(2)19-12)21(14(18-15)8-10-17)11-9-13-6-4-3-5-7-13/h3-7H,8-11H2,1-2H3. The van der Waals surface area contributed by atoms with Crippen molar-refractivity contribution >= 4 is 22.8 Å². The summed E-state index contributed by atoms with van der Waals surface area (Å²) in [6.45, 7) is 2.90. The molecule has 0 unspecified atom stereocenters. The smallest absolute Gasteiger partial charge is 0.158 e. The van der Waals surface area contributed by atoms with Crippen molar-refractivity contribution in [2.45, 2.75) is 26.3 Å².